The molecule has 3 nitrogen and oxygen atoms in total. The molecule has 1 saturated carbocycles. The highest BCUT2D eigenvalue weighted by atomic mass is 16.5. The van der Waals surface area contributed by atoms with Crippen LogP contribution < -0.4 is 0 Å². The van der Waals surface area contributed by atoms with E-state index in [4.69, 9.17) is 4.74 Å². The molecular weight excluding hydrogens is 308 g/mol. The third-order valence-corrected chi connectivity index (χ3v) is 6.02. The van der Waals surface area contributed by atoms with Gasteiger partial charge in [-0.2, -0.15) is 0 Å². The number of nitrogens with zero attached hydrogens (tertiary/aromatic N) is 2. The topological polar surface area (TPSA) is 15.7 Å². The maximum Gasteiger partial charge on any atom is 0.0603 e. The van der Waals surface area contributed by atoms with Crippen LogP contribution in [0.3, 0.4) is 0 Å². The van der Waals surface area contributed by atoms with E-state index >= 15 is 0 Å². The first-order valence-corrected chi connectivity index (χ1v) is 10.5. The molecule has 0 N–H and O–H groups in total. The summed E-state index contributed by atoms with van der Waals surface area (Å²) < 4.78 is 6.34. The standard InChI is InChI=1S/C22H38N2O/c1-22(2,3)10-5-19-15-21(16-19)25-20-8-13-24(14-9-20)17-18-6-11-23(4)12-7-18/h18-21H,6-9,11-17H2,1-4H3. The molecule has 2 aliphatic heterocycles. The zero-order valence-electron chi connectivity index (χ0n) is 16.9. The Bertz CT molecular complexity index is 464. The van der Waals surface area contributed by atoms with Gasteiger partial charge in [-0.05, 0) is 85.4 Å². The van der Waals surface area contributed by atoms with Crippen LogP contribution in [-0.4, -0.2) is 61.8 Å². The Hall–Kier alpha value is -0.560. The van der Waals surface area contributed by atoms with Crippen molar-refractivity contribution in [3.05, 3.63) is 0 Å². The van der Waals surface area contributed by atoms with Crippen molar-refractivity contribution in [2.45, 2.75) is 71.5 Å². The molecule has 0 unspecified atom stereocenters. The summed E-state index contributed by atoms with van der Waals surface area (Å²) in [6.45, 7) is 12.9. The summed E-state index contributed by atoms with van der Waals surface area (Å²) in [5, 5.41) is 0. The van der Waals surface area contributed by atoms with E-state index in [1.165, 1.54) is 58.4 Å². The second-order valence-corrected chi connectivity index (χ2v) is 9.69. The molecular formula is C22H38N2O. The molecule has 3 fully saturated rings. The minimum Gasteiger partial charge on any atom is -0.375 e. The van der Waals surface area contributed by atoms with Gasteiger partial charge in [0.25, 0.3) is 0 Å². The predicted octanol–water partition coefficient (Wildman–Crippen LogP) is 3.64. The Labute approximate surface area is 155 Å². The van der Waals surface area contributed by atoms with Gasteiger partial charge in [0.1, 0.15) is 0 Å². The van der Waals surface area contributed by atoms with E-state index in [0.717, 1.165) is 18.8 Å². The average Bonchev–Trinajstić information content (AvgIpc) is 2.52. The molecule has 0 aromatic rings. The number of hydrogen-bond acceptors (Lipinski definition) is 3. The molecule has 3 rings (SSSR count). The van der Waals surface area contributed by atoms with Gasteiger partial charge >= 0.3 is 0 Å². The molecule has 2 heterocycles. The van der Waals surface area contributed by atoms with Crippen LogP contribution >= 0.6 is 0 Å². The number of ether oxygens (including phenoxy) is 1. The minimum atomic E-state index is 0.131. The number of rotatable bonds is 4. The van der Waals surface area contributed by atoms with Crippen LogP contribution in [0.2, 0.25) is 0 Å². The van der Waals surface area contributed by atoms with E-state index in [-0.39, 0.29) is 5.41 Å². The van der Waals surface area contributed by atoms with Gasteiger partial charge in [0, 0.05) is 31.0 Å². The highest BCUT2D eigenvalue weighted by Crippen LogP contribution is 2.32. The van der Waals surface area contributed by atoms with Gasteiger partial charge in [-0.25, -0.2) is 0 Å². The largest absolute Gasteiger partial charge is 0.375 e. The zero-order valence-corrected chi connectivity index (χ0v) is 16.9. The molecule has 0 atom stereocenters. The van der Waals surface area contributed by atoms with Crippen molar-refractivity contribution in [3.8, 4) is 11.8 Å². The number of piperidine rings is 2. The lowest BCUT2D eigenvalue weighted by Gasteiger charge is -2.40. The summed E-state index contributed by atoms with van der Waals surface area (Å²) in [5.41, 5.74) is 0.131. The maximum absolute atomic E-state index is 6.34. The van der Waals surface area contributed by atoms with Crippen LogP contribution in [0, 0.1) is 29.1 Å². The number of likely N-dealkylation sites (tertiary alicyclic amines) is 2. The van der Waals surface area contributed by atoms with Gasteiger partial charge in [-0.3, -0.25) is 0 Å². The van der Waals surface area contributed by atoms with E-state index in [1.54, 1.807) is 0 Å². The Morgan fingerprint density at radius 2 is 1.56 bits per heavy atom. The molecule has 0 spiro atoms. The fourth-order valence-corrected chi connectivity index (χ4v) is 4.22. The predicted molar refractivity (Wildman–Crippen MR) is 105 cm³/mol. The van der Waals surface area contributed by atoms with Crippen molar-refractivity contribution in [2.75, 3.05) is 39.8 Å². The highest BCUT2D eigenvalue weighted by molar-refractivity contribution is 5.13. The summed E-state index contributed by atoms with van der Waals surface area (Å²) in [7, 11) is 2.25. The van der Waals surface area contributed by atoms with Crippen molar-refractivity contribution < 1.29 is 4.74 Å². The van der Waals surface area contributed by atoms with Gasteiger partial charge < -0.3 is 14.5 Å². The first-order chi connectivity index (χ1) is 11.9. The maximum atomic E-state index is 6.34. The second kappa shape index (κ2) is 8.42. The minimum absolute atomic E-state index is 0.131. The Kier molecular flexibility index (Phi) is 6.47. The van der Waals surface area contributed by atoms with Crippen LogP contribution in [0.4, 0.5) is 0 Å². The first kappa shape index (κ1) is 19.2. The van der Waals surface area contributed by atoms with Gasteiger partial charge in [-0.1, -0.05) is 11.8 Å². The van der Waals surface area contributed by atoms with Crippen LogP contribution in [0.5, 0.6) is 0 Å². The summed E-state index contributed by atoms with van der Waals surface area (Å²) in [4.78, 5) is 5.16. The summed E-state index contributed by atoms with van der Waals surface area (Å²) in [6, 6.07) is 0. The van der Waals surface area contributed by atoms with Crippen molar-refractivity contribution in [1.29, 1.82) is 0 Å². The lowest BCUT2D eigenvalue weighted by atomic mass is 9.81. The third-order valence-electron chi connectivity index (χ3n) is 6.02. The van der Waals surface area contributed by atoms with Crippen LogP contribution in [0.1, 0.15) is 59.3 Å². The van der Waals surface area contributed by atoms with Gasteiger partial charge in [0.2, 0.25) is 0 Å². The molecule has 1 aliphatic carbocycles. The van der Waals surface area contributed by atoms with Crippen LogP contribution in [0.15, 0.2) is 0 Å². The van der Waals surface area contributed by atoms with E-state index < -0.39 is 0 Å². The molecule has 25 heavy (non-hydrogen) atoms. The monoisotopic (exact) mass is 346 g/mol. The molecule has 2 saturated heterocycles. The molecule has 0 amide bonds. The lowest BCUT2D eigenvalue weighted by molar-refractivity contribution is -0.0858. The zero-order chi connectivity index (χ0) is 17.9. The SMILES string of the molecule is CN1CCC(CN2CCC(OC3CC(C#CC(C)(C)C)C3)CC2)CC1. The van der Waals surface area contributed by atoms with Crippen molar-refractivity contribution in [1.82, 2.24) is 9.80 Å². The van der Waals surface area contributed by atoms with Crippen molar-refractivity contribution >= 4 is 0 Å². The molecule has 3 heteroatoms. The molecule has 142 valence electrons. The van der Waals surface area contributed by atoms with E-state index in [9.17, 15) is 0 Å². The molecule has 3 aliphatic rings. The van der Waals surface area contributed by atoms with Crippen LogP contribution in [0.25, 0.3) is 0 Å². The Morgan fingerprint density at radius 1 is 0.920 bits per heavy atom. The Balaban J connectivity index is 1.29. The Morgan fingerprint density at radius 3 is 2.16 bits per heavy atom. The van der Waals surface area contributed by atoms with E-state index in [1.807, 2.05) is 0 Å². The molecule has 0 aromatic heterocycles. The summed E-state index contributed by atoms with van der Waals surface area (Å²) >= 11 is 0. The average molecular weight is 347 g/mol. The highest BCUT2D eigenvalue weighted by Gasteiger charge is 2.32. The van der Waals surface area contributed by atoms with E-state index in [0.29, 0.717) is 18.1 Å². The third kappa shape index (κ3) is 6.27. The van der Waals surface area contributed by atoms with Gasteiger partial charge in [-0.15, -0.1) is 0 Å². The number of hydrogen-bond donors (Lipinski definition) is 0. The quantitative estimate of drug-likeness (QED) is 0.723. The normalized spacial score (nSPS) is 30.6. The van der Waals surface area contributed by atoms with Crippen molar-refractivity contribution in [3.63, 3.8) is 0 Å². The smallest absolute Gasteiger partial charge is 0.0603 e. The van der Waals surface area contributed by atoms with Crippen molar-refractivity contribution in [2.24, 2.45) is 17.3 Å². The fraction of sp³-hybridized carbons (Fsp3) is 0.909. The lowest BCUT2D eigenvalue weighted by Crippen LogP contribution is -2.44. The molecule has 0 radical (unpaired) electrons. The molecule has 0 aromatic carbocycles. The second-order valence-electron chi connectivity index (χ2n) is 9.69. The van der Waals surface area contributed by atoms with Gasteiger partial charge in [0.15, 0.2) is 0 Å². The summed E-state index contributed by atoms with van der Waals surface area (Å²) in [6.07, 6.45) is 8.48. The fourth-order valence-electron chi connectivity index (χ4n) is 4.22. The van der Waals surface area contributed by atoms with Crippen LogP contribution in [-0.2, 0) is 4.74 Å². The molecule has 0 bridgehead atoms. The van der Waals surface area contributed by atoms with Gasteiger partial charge in [0.05, 0.1) is 12.2 Å². The summed E-state index contributed by atoms with van der Waals surface area (Å²) in [5.74, 6) is 8.32. The first-order valence-electron chi connectivity index (χ1n) is 10.5. The van der Waals surface area contributed by atoms with E-state index in [2.05, 4.69) is 49.5 Å².